The van der Waals surface area contributed by atoms with Crippen molar-refractivity contribution >= 4 is 56.8 Å². The Bertz CT molecular complexity index is 928. The van der Waals surface area contributed by atoms with Crippen LogP contribution in [0.4, 0.5) is 5.69 Å². The molecule has 2 rings (SSSR count). The molecule has 1 amide bonds. The number of nitrogens with one attached hydrogen (secondary N) is 1. The zero-order valence-electron chi connectivity index (χ0n) is 14.4. The van der Waals surface area contributed by atoms with E-state index in [1.165, 1.54) is 12.1 Å². The molecule has 6 nitrogen and oxygen atoms in total. The summed E-state index contributed by atoms with van der Waals surface area (Å²) in [5, 5.41) is 12.4. The largest absolute Gasteiger partial charge is 0.507 e. The number of para-hydroxylation sites is 1. The molecule has 0 spiro atoms. The highest BCUT2D eigenvalue weighted by molar-refractivity contribution is 9.10. The van der Waals surface area contributed by atoms with Gasteiger partial charge in [0.1, 0.15) is 10.7 Å². The fraction of sp³-hybridized carbons (Fsp3) is 0.105. The third-order valence-electron chi connectivity index (χ3n) is 3.50. The lowest BCUT2D eigenvalue weighted by Crippen LogP contribution is -2.25. The second-order valence-corrected chi connectivity index (χ2v) is 6.86. The molecule has 8 heteroatoms. The molecule has 0 aromatic heterocycles. The van der Waals surface area contributed by atoms with Crippen molar-refractivity contribution in [3.63, 3.8) is 0 Å². The van der Waals surface area contributed by atoms with Crippen molar-refractivity contribution in [3.05, 3.63) is 63.6 Å². The van der Waals surface area contributed by atoms with Gasteiger partial charge in [0.25, 0.3) is 5.91 Å². The number of esters is 1. The third kappa shape index (κ3) is 5.90. The Kier molecular flexibility index (Phi) is 7.09. The van der Waals surface area contributed by atoms with Gasteiger partial charge in [-0.1, -0.05) is 46.3 Å². The molecule has 0 aliphatic carbocycles. The highest BCUT2D eigenvalue weighted by atomic mass is 79.9. The maximum Gasteiger partial charge on any atom is 0.341 e. The number of aryl methyl sites for hydroxylation is 1. The minimum Gasteiger partial charge on any atom is -0.507 e. The normalized spacial score (nSPS) is 11.0. The van der Waals surface area contributed by atoms with Crippen molar-refractivity contribution in [1.29, 1.82) is 0 Å². The number of carbonyl (C=O) groups excluding carboxylic acids is 2. The van der Waals surface area contributed by atoms with Crippen LogP contribution in [-0.4, -0.2) is 28.6 Å². The van der Waals surface area contributed by atoms with Crippen LogP contribution in [0.15, 0.2) is 52.5 Å². The Morgan fingerprint density at radius 1 is 1.30 bits per heavy atom. The fourth-order valence-corrected chi connectivity index (χ4v) is 2.51. The van der Waals surface area contributed by atoms with Crippen molar-refractivity contribution in [2.75, 3.05) is 11.9 Å². The Morgan fingerprint density at radius 2 is 2.00 bits per heavy atom. The van der Waals surface area contributed by atoms with Crippen molar-refractivity contribution in [2.45, 2.75) is 6.92 Å². The minimum absolute atomic E-state index is 0.0394. The maximum absolute atomic E-state index is 12.2. The zero-order chi connectivity index (χ0) is 20.0. The molecule has 27 heavy (non-hydrogen) atoms. The molecular formula is C19H17BrN2O4S. The van der Waals surface area contributed by atoms with Crippen molar-refractivity contribution in [3.8, 4) is 5.75 Å². The quantitative estimate of drug-likeness (QED) is 0.355. The van der Waals surface area contributed by atoms with E-state index >= 15 is 0 Å². The number of halogens is 1. The lowest BCUT2D eigenvalue weighted by Gasteiger charge is -2.09. The number of hydrogen-bond acceptors (Lipinski definition) is 5. The average Bonchev–Trinajstić information content (AvgIpc) is 2.62. The van der Waals surface area contributed by atoms with E-state index in [2.05, 4.69) is 21.2 Å². The second-order valence-electron chi connectivity index (χ2n) is 5.57. The van der Waals surface area contributed by atoms with Crippen molar-refractivity contribution in [2.24, 2.45) is 5.73 Å². The van der Waals surface area contributed by atoms with Gasteiger partial charge in [0.05, 0.1) is 5.57 Å². The van der Waals surface area contributed by atoms with E-state index in [0.717, 1.165) is 10.0 Å². The predicted octanol–water partition coefficient (Wildman–Crippen LogP) is 3.31. The van der Waals surface area contributed by atoms with Crippen LogP contribution in [0.3, 0.4) is 0 Å². The van der Waals surface area contributed by atoms with Crippen LogP contribution in [0.2, 0.25) is 0 Å². The SMILES string of the molecule is Cc1cc(NC(=O)COC(=O)C(=Cc2ccccc2O)C(N)=S)ccc1Br. The fourth-order valence-electron chi connectivity index (χ4n) is 2.12. The summed E-state index contributed by atoms with van der Waals surface area (Å²) >= 11 is 8.25. The van der Waals surface area contributed by atoms with Gasteiger partial charge < -0.3 is 20.9 Å². The summed E-state index contributed by atoms with van der Waals surface area (Å²) in [6, 6.07) is 11.7. The summed E-state index contributed by atoms with van der Waals surface area (Å²) in [6.45, 7) is 1.38. The minimum atomic E-state index is -0.854. The van der Waals surface area contributed by atoms with Crippen LogP contribution in [-0.2, 0) is 14.3 Å². The lowest BCUT2D eigenvalue weighted by molar-refractivity contribution is -0.142. The summed E-state index contributed by atoms with van der Waals surface area (Å²) < 4.78 is 5.91. The monoisotopic (exact) mass is 448 g/mol. The first-order chi connectivity index (χ1) is 12.8. The van der Waals surface area contributed by atoms with Crippen LogP contribution in [0.5, 0.6) is 5.75 Å². The molecule has 0 unspecified atom stereocenters. The molecule has 0 aliphatic rings. The number of amides is 1. The third-order valence-corrected chi connectivity index (χ3v) is 4.61. The number of hydrogen-bond donors (Lipinski definition) is 3. The van der Waals surface area contributed by atoms with Gasteiger partial charge in [0.2, 0.25) is 0 Å². The molecule has 0 aliphatic heterocycles. The van der Waals surface area contributed by atoms with Crippen LogP contribution in [0.1, 0.15) is 11.1 Å². The van der Waals surface area contributed by atoms with E-state index in [-0.39, 0.29) is 16.3 Å². The molecule has 0 atom stereocenters. The molecule has 0 saturated carbocycles. The van der Waals surface area contributed by atoms with Gasteiger partial charge in [0.15, 0.2) is 6.61 Å². The lowest BCUT2D eigenvalue weighted by atomic mass is 10.1. The van der Waals surface area contributed by atoms with Gasteiger partial charge in [0, 0.05) is 15.7 Å². The first-order valence-electron chi connectivity index (χ1n) is 7.80. The average molecular weight is 449 g/mol. The van der Waals surface area contributed by atoms with Crippen molar-refractivity contribution in [1.82, 2.24) is 0 Å². The van der Waals surface area contributed by atoms with E-state index in [1.54, 1.807) is 36.4 Å². The Balaban J connectivity index is 2.03. The number of nitrogens with two attached hydrogens (primary N) is 1. The first kappa shape index (κ1) is 20.6. The standard InChI is InChI=1S/C19H17BrN2O4S/c1-11-8-13(6-7-15(11)20)22-17(24)10-26-19(25)14(18(21)27)9-12-4-2-3-5-16(12)23/h2-9,23H,10H2,1H3,(H2,21,27)(H,22,24). The Labute approximate surface area is 170 Å². The van der Waals surface area contributed by atoms with Crippen LogP contribution < -0.4 is 11.1 Å². The maximum atomic E-state index is 12.2. The Morgan fingerprint density at radius 3 is 2.63 bits per heavy atom. The molecule has 0 heterocycles. The van der Waals surface area contributed by atoms with Crippen LogP contribution in [0.25, 0.3) is 6.08 Å². The van der Waals surface area contributed by atoms with Crippen LogP contribution >= 0.6 is 28.1 Å². The molecule has 2 aromatic carbocycles. The van der Waals surface area contributed by atoms with E-state index in [9.17, 15) is 14.7 Å². The van der Waals surface area contributed by atoms with E-state index in [0.29, 0.717) is 11.3 Å². The molecule has 140 valence electrons. The number of carbonyl (C=O) groups is 2. The van der Waals surface area contributed by atoms with Gasteiger partial charge in [-0.25, -0.2) is 4.79 Å². The van der Waals surface area contributed by atoms with Gasteiger partial charge in [-0.15, -0.1) is 0 Å². The zero-order valence-corrected chi connectivity index (χ0v) is 16.8. The molecule has 4 N–H and O–H groups in total. The number of benzene rings is 2. The number of phenolic OH excluding ortho intramolecular Hbond substituents is 1. The summed E-state index contributed by atoms with van der Waals surface area (Å²) in [5.41, 5.74) is 7.34. The van der Waals surface area contributed by atoms with E-state index < -0.39 is 18.5 Å². The summed E-state index contributed by atoms with van der Waals surface area (Å²) in [5.74, 6) is -1.40. The van der Waals surface area contributed by atoms with E-state index in [1.807, 2.05) is 6.92 Å². The number of anilines is 1. The summed E-state index contributed by atoms with van der Waals surface area (Å²) in [7, 11) is 0. The van der Waals surface area contributed by atoms with Gasteiger partial charge in [-0.05, 0) is 42.8 Å². The number of rotatable bonds is 6. The summed E-state index contributed by atoms with van der Waals surface area (Å²) in [6.07, 6.45) is 1.32. The summed E-state index contributed by atoms with van der Waals surface area (Å²) in [4.78, 5) is 24.0. The molecule has 0 saturated heterocycles. The Hall–Kier alpha value is -2.71. The molecule has 0 fully saturated rings. The van der Waals surface area contributed by atoms with Gasteiger partial charge in [-0.3, -0.25) is 4.79 Å². The number of aromatic hydroxyl groups is 1. The number of phenols is 1. The van der Waals surface area contributed by atoms with Crippen molar-refractivity contribution < 1.29 is 19.4 Å². The molecule has 2 aromatic rings. The molecular weight excluding hydrogens is 432 g/mol. The second kappa shape index (κ2) is 9.29. The molecule has 0 bridgehead atoms. The number of ether oxygens (including phenoxy) is 1. The number of thiocarbonyl (C=S) groups is 1. The van der Waals surface area contributed by atoms with Crippen LogP contribution in [0, 0.1) is 6.92 Å². The topological polar surface area (TPSA) is 102 Å². The van der Waals surface area contributed by atoms with E-state index in [4.69, 9.17) is 22.7 Å². The highest BCUT2D eigenvalue weighted by Crippen LogP contribution is 2.21. The van der Waals surface area contributed by atoms with Gasteiger partial charge >= 0.3 is 5.97 Å². The smallest absolute Gasteiger partial charge is 0.341 e. The predicted molar refractivity (Wildman–Crippen MR) is 111 cm³/mol. The highest BCUT2D eigenvalue weighted by Gasteiger charge is 2.17. The molecule has 0 radical (unpaired) electrons. The van der Waals surface area contributed by atoms with Gasteiger partial charge in [-0.2, -0.15) is 0 Å². The first-order valence-corrected chi connectivity index (χ1v) is 9.00.